The van der Waals surface area contributed by atoms with E-state index in [0.29, 0.717) is 5.92 Å². The molecule has 15 heavy (non-hydrogen) atoms. The van der Waals surface area contributed by atoms with E-state index in [-0.39, 0.29) is 12.6 Å². The Morgan fingerprint density at radius 2 is 2.20 bits per heavy atom. The van der Waals surface area contributed by atoms with Gasteiger partial charge in [-0.2, -0.15) is 4.99 Å². The predicted molar refractivity (Wildman–Crippen MR) is 52.2 cm³/mol. The summed E-state index contributed by atoms with van der Waals surface area (Å²) >= 11 is 0. The first-order valence-corrected chi connectivity index (χ1v) is 5.05. The van der Waals surface area contributed by atoms with Gasteiger partial charge in [-0.15, -0.1) is 0 Å². The minimum atomic E-state index is -0.737. The molecule has 0 saturated heterocycles. The second kappa shape index (κ2) is 6.19. The quantitative estimate of drug-likeness (QED) is 0.404. The number of hydrogen-bond acceptors (Lipinski definition) is 5. The maximum absolute atomic E-state index is 10.8. The third-order valence-electron chi connectivity index (χ3n) is 2.70. The fourth-order valence-corrected chi connectivity index (χ4v) is 1.90. The van der Waals surface area contributed by atoms with Crippen molar-refractivity contribution in [2.24, 2.45) is 10.9 Å². The monoisotopic (exact) mass is 213 g/mol. The van der Waals surface area contributed by atoms with Crippen molar-refractivity contribution >= 4 is 12.2 Å². The zero-order chi connectivity index (χ0) is 11.1. The Bertz CT molecular complexity index is 254. The summed E-state index contributed by atoms with van der Waals surface area (Å²) in [5, 5.41) is 0. The SMILES string of the molecule is COC(=O)OC[C@@H](N=C=O)C1CCCC1. The van der Waals surface area contributed by atoms with Crippen molar-refractivity contribution in [2.75, 3.05) is 13.7 Å². The fraction of sp³-hybridized carbons (Fsp3) is 0.800. The summed E-state index contributed by atoms with van der Waals surface area (Å²) in [5.74, 6) is 0.330. The molecule has 0 spiro atoms. The summed E-state index contributed by atoms with van der Waals surface area (Å²) in [6.45, 7) is 0.104. The number of aliphatic imine (C=N–C) groups is 1. The normalized spacial score (nSPS) is 17.9. The number of carbonyl (C=O) groups is 1. The van der Waals surface area contributed by atoms with E-state index in [0.717, 1.165) is 25.7 Å². The molecule has 0 aromatic heterocycles. The lowest BCUT2D eigenvalue weighted by molar-refractivity contribution is 0.0633. The van der Waals surface area contributed by atoms with Gasteiger partial charge in [-0.3, -0.25) is 0 Å². The van der Waals surface area contributed by atoms with E-state index in [2.05, 4.69) is 9.73 Å². The number of ether oxygens (including phenoxy) is 2. The van der Waals surface area contributed by atoms with Gasteiger partial charge < -0.3 is 9.47 Å². The number of rotatable bonds is 4. The number of isocyanates is 1. The van der Waals surface area contributed by atoms with Gasteiger partial charge in [0.25, 0.3) is 0 Å². The Hall–Kier alpha value is -1.35. The predicted octanol–water partition coefficient (Wildman–Crippen LogP) is 1.66. The van der Waals surface area contributed by atoms with Crippen LogP contribution in [-0.4, -0.2) is 32.0 Å². The van der Waals surface area contributed by atoms with E-state index in [4.69, 9.17) is 4.74 Å². The summed E-state index contributed by atoms with van der Waals surface area (Å²) in [7, 11) is 1.25. The fourth-order valence-electron chi connectivity index (χ4n) is 1.90. The van der Waals surface area contributed by atoms with Crippen LogP contribution in [0.2, 0.25) is 0 Å². The van der Waals surface area contributed by atoms with Crippen molar-refractivity contribution in [3.05, 3.63) is 0 Å². The minimum absolute atomic E-state index is 0.104. The molecule has 1 rings (SSSR count). The van der Waals surface area contributed by atoms with Crippen molar-refractivity contribution in [1.82, 2.24) is 0 Å². The summed E-state index contributed by atoms with van der Waals surface area (Å²) in [6.07, 6.45) is 5.14. The third-order valence-corrected chi connectivity index (χ3v) is 2.70. The largest absolute Gasteiger partial charge is 0.508 e. The van der Waals surface area contributed by atoms with E-state index in [9.17, 15) is 9.59 Å². The second-order valence-electron chi connectivity index (χ2n) is 3.60. The zero-order valence-electron chi connectivity index (χ0n) is 8.77. The van der Waals surface area contributed by atoms with E-state index in [1.54, 1.807) is 0 Å². The average Bonchev–Trinajstić information content (AvgIpc) is 2.76. The van der Waals surface area contributed by atoms with Gasteiger partial charge in [0.05, 0.1) is 13.2 Å². The van der Waals surface area contributed by atoms with Crippen LogP contribution in [0.1, 0.15) is 25.7 Å². The van der Waals surface area contributed by atoms with Crippen LogP contribution >= 0.6 is 0 Å². The summed E-state index contributed by atoms with van der Waals surface area (Å²) in [4.78, 5) is 24.6. The molecule has 84 valence electrons. The van der Waals surface area contributed by atoms with Crippen molar-refractivity contribution in [1.29, 1.82) is 0 Å². The molecular weight excluding hydrogens is 198 g/mol. The van der Waals surface area contributed by atoms with Crippen LogP contribution in [0.15, 0.2) is 4.99 Å². The lowest BCUT2D eigenvalue weighted by Crippen LogP contribution is -2.24. The van der Waals surface area contributed by atoms with Crippen LogP contribution in [0.3, 0.4) is 0 Å². The Morgan fingerprint density at radius 1 is 1.53 bits per heavy atom. The molecule has 5 nitrogen and oxygen atoms in total. The van der Waals surface area contributed by atoms with Crippen LogP contribution in [0.5, 0.6) is 0 Å². The Labute approximate surface area is 88.5 Å². The van der Waals surface area contributed by atoms with E-state index >= 15 is 0 Å². The van der Waals surface area contributed by atoms with Crippen molar-refractivity contribution in [3.8, 4) is 0 Å². The first-order valence-electron chi connectivity index (χ1n) is 5.05. The molecule has 1 aliphatic rings. The van der Waals surface area contributed by atoms with Crippen LogP contribution in [0.25, 0.3) is 0 Å². The van der Waals surface area contributed by atoms with E-state index < -0.39 is 6.16 Å². The molecule has 1 aliphatic carbocycles. The average molecular weight is 213 g/mol. The number of carbonyl (C=O) groups excluding carboxylic acids is 2. The van der Waals surface area contributed by atoms with Crippen LogP contribution in [0.4, 0.5) is 4.79 Å². The molecule has 0 aliphatic heterocycles. The molecule has 0 radical (unpaired) electrons. The standard InChI is InChI=1S/C10H15NO4/c1-14-10(13)15-6-9(11-7-12)8-4-2-3-5-8/h8-9H,2-6H2,1H3/t9-/m1/s1. The minimum Gasteiger partial charge on any atom is -0.438 e. The van der Waals surface area contributed by atoms with Gasteiger partial charge in [-0.05, 0) is 18.8 Å². The lowest BCUT2D eigenvalue weighted by atomic mass is 10.00. The Kier molecular flexibility index (Phi) is 4.84. The van der Waals surface area contributed by atoms with Crippen molar-refractivity contribution in [3.63, 3.8) is 0 Å². The molecule has 0 aromatic carbocycles. The molecule has 0 unspecified atom stereocenters. The molecule has 1 saturated carbocycles. The molecule has 0 N–H and O–H groups in total. The van der Waals surface area contributed by atoms with Gasteiger partial charge in [-0.1, -0.05) is 12.8 Å². The van der Waals surface area contributed by atoms with E-state index in [1.807, 2.05) is 0 Å². The number of nitrogens with zero attached hydrogens (tertiary/aromatic N) is 1. The van der Waals surface area contributed by atoms with E-state index in [1.165, 1.54) is 13.2 Å². The maximum Gasteiger partial charge on any atom is 0.508 e. The smallest absolute Gasteiger partial charge is 0.438 e. The van der Waals surface area contributed by atoms with Crippen molar-refractivity contribution < 1.29 is 19.1 Å². The van der Waals surface area contributed by atoms with Crippen LogP contribution in [-0.2, 0) is 14.3 Å². The first kappa shape index (κ1) is 11.7. The van der Waals surface area contributed by atoms with Crippen molar-refractivity contribution in [2.45, 2.75) is 31.7 Å². The molecule has 0 amide bonds. The van der Waals surface area contributed by atoms with Gasteiger partial charge in [-0.25, -0.2) is 9.59 Å². The number of methoxy groups -OCH3 is 1. The highest BCUT2D eigenvalue weighted by molar-refractivity contribution is 5.59. The van der Waals surface area contributed by atoms with Crippen LogP contribution < -0.4 is 0 Å². The molecular formula is C10H15NO4. The van der Waals surface area contributed by atoms with Gasteiger partial charge in [0.15, 0.2) is 0 Å². The highest BCUT2D eigenvalue weighted by Crippen LogP contribution is 2.29. The lowest BCUT2D eigenvalue weighted by Gasteiger charge is -2.16. The van der Waals surface area contributed by atoms with Gasteiger partial charge in [0.1, 0.15) is 6.61 Å². The highest BCUT2D eigenvalue weighted by Gasteiger charge is 2.26. The summed E-state index contributed by atoms with van der Waals surface area (Å²) in [6, 6.07) is -0.260. The maximum atomic E-state index is 10.8. The second-order valence-corrected chi connectivity index (χ2v) is 3.60. The zero-order valence-corrected chi connectivity index (χ0v) is 8.77. The third kappa shape index (κ3) is 3.72. The first-order chi connectivity index (χ1) is 7.27. The molecule has 5 heteroatoms. The number of hydrogen-bond donors (Lipinski definition) is 0. The topological polar surface area (TPSA) is 65.0 Å². The summed E-state index contributed by atoms with van der Waals surface area (Å²) in [5.41, 5.74) is 0. The van der Waals surface area contributed by atoms with Gasteiger partial charge in [0.2, 0.25) is 6.08 Å². The van der Waals surface area contributed by atoms with Gasteiger partial charge >= 0.3 is 6.16 Å². The molecule has 0 aromatic rings. The Balaban J connectivity index is 2.42. The molecule has 0 heterocycles. The highest BCUT2D eigenvalue weighted by atomic mass is 16.7. The molecule has 1 atom stereocenters. The Morgan fingerprint density at radius 3 is 2.73 bits per heavy atom. The van der Waals surface area contributed by atoms with Crippen LogP contribution in [0, 0.1) is 5.92 Å². The molecule has 0 bridgehead atoms. The van der Waals surface area contributed by atoms with Gasteiger partial charge in [0, 0.05) is 0 Å². The summed E-state index contributed by atoms with van der Waals surface area (Å²) < 4.78 is 9.12. The molecule has 1 fully saturated rings.